The highest BCUT2D eigenvalue weighted by molar-refractivity contribution is 5.49. The van der Waals surface area contributed by atoms with Crippen LogP contribution in [0.2, 0.25) is 0 Å². The molecule has 0 amide bonds. The zero-order valence-electron chi connectivity index (χ0n) is 8.40. The minimum Gasteiger partial charge on any atom is -0.267 e. The molecular weight excluding hydrogens is 178 g/mol. The van der Waals surface area contributed by atoms with Crippen molar-refractivity contribution in [2.75, 3.05) is 0 Å². The maximum atomic E-state index is 11.6. The topological polar surface area (TPSA) is 47.3 Å². The lowest BCUT2D eigenvalue weighted by Crippen LogP contribution is -2.18. The third-order valence-electron chi connectivity index (χ3n) is 2.44. The van der Waals surface area contributed by atoms with Gasteiger partial charge in [0.15, 0.2) is 5.65 Å². The van der Waals surface area contributed by atoms with Gasteiger partial charge in [-0.25, -0.2) is 0 Å². The Kier molecular flexibility index (Phi) is 1.84. The van der Waals surface area contributed by atoms with Gasteiger partial charge in [-0.1, -0.05) is 6.07 Å². The lowest BCUT2D eigenvalue weighted by molar-refractivity contribution is 0.892. The molecule has 0 aliphatic carbocycles. The van der Waals surface area contributed by atoms with Crippen molar-refractivity contribution in [3.05, 3.63) is 39.4 Å². The maximum absolute atomic E-state index is 11.6. The molecule has 0 bridgehead atoms. The molecule has 4 nitrogen and oxygen atoms in total. The fraction of sp³-hybridized carbons (Fsp3) is 0.300. The van der Waals surface area contributed by atoms with Gasteiger partial charge in [-0.2, -0.15) is 5.10 Å². The smallest absolute Gasteiger partial charge is 0.267 e. The molecule has 2 heterocycles. The first-order valence-electron chi connectivity index (χ1n) is 4.42. The van der Waals surface area contributed by atoms with E-state index in [1.165, 1.54) is 6.20 Å². The fourth-order valence-electron chi connectivity index (χ4n) is 1.59. The molecule has 0 fully saturated rings. The first kappa shape index (κ1) is 8.87. The largest absolute Gasteiger partial charge is 0.276 e. The van der Waals surface area contributed by atoms with Crippen LogP contribution in [0.4, 0.5) is 0 Å². The monoisotopic (exact) mass is 189 g/mol. The predicted molar refractivity (Wildman–Crippen MR) is 53.5 cm³/mol. The molecular formula is C10H11N3O. The summed E-state index contributed by atoms with van der Waals surface area (Å²) < 4.78 is 1.59. The lowest BCUT2D eigenvalue weighted by atomic mass is 10.1. The number of fused-ring (bicyclic) bond motifs is 1. The van der Waals surface area contributed by atoms with Crippen LogP contribution >= 0.6 is 0 Å². The SMILES string of the molecule is Cc1cc(C)c2nncc(=O)n2c1C. The number of rotatable bonds is 0. The van der Waals surface area contributed by atoms with Crippen molar-refractivity contribution in [3.63, 3.8) is 0 Å². The molecule has 0 N–H and O–H groups in total. The molecule has 14 heavy (non-hydrogen) atoms. The van der Waals surface area contributed by atoms with E-state index in [4.69, 9.17) is 0 Å². The molecule has 0 radical (unpaired) electrons. The minimum atomic E-state index is -0.126. The van der Waals surface area contributed by atoms with Crippen LogP contribution in [-0.4, -0.2) is 14.6 Å². The predicted octanol–water partition coefficient (Wildman–Crippen LogP) is 1.01. The number of hydrogen-bond acceptors (Lipinski definition) is 3. The molecule has 2 aromatic rings. The highest BCUT2D eigenvalue weighted by Gasteiger charge is 2.06. The Bertz CT molecular complexity index is 557. The van der Waals surface area contributed by atoms with Gasteiger partial charge in [0.05, 0.1) is 0 Å². The fourth-order valence-corrected chi connectivity index (χ4v) is 1.59. The second kappa shape index (κ2) is 2.90. The van der Waals surface area contributed by atoms with Crippen LogP contribution in [0.25, 0.3) is 5.65 Å². The third-order valence-corrected chi connectivity index (χ3v) is 2.44. The van der Waals surface area contributed by atoms with Crippen molar-refractivity contribution in [1.29, 1.82) is 0 Å². The maximum Gasteiger partial charge on any atom is 0.276 e. The quantitative estimate of drug-likeness (QED) is 0.621. The summed E-state index contributed by atoms with van der Waals surface area (Å²) in [5.41, 5.74) is 3.49. The van der Waals surface area contributed by atoms with E-state index in [2.05, 4.69) is 10.2 Å². The lowest BCUT2D eigenvalue weighted by Gasteiger charge is -2.08. The van der Waals surface area contributed by atoms with Gasteiger partial charge in [-0.05, 0) is 31.9 Å². The third kappa shape index (κ3) is 1.11. The highest BCUT2D eigenvalue weighted by atomic mass is 16.1. The average Bonchev–Trinajstić information content (AvgIpc) is 2.14. The van der Waals surface area contributed by atoms with Crippen molar-refractivity contribution in [2.45, 2.75) is 20.8 Å². The summed E-state index contributed by atoms with van der Waals surface area (Å²) in [6.45, 7) is 5.81. The Hall–Kier alpha value is -1.71. The number of aromatic nitrogens is 3. The summed E-state index contributed by atoms with van der Waals surface area (Å²) in [5.74, 6) is 0. The molecule has 4 heteroatoms. The van der Waals surface area contributed by atoms with E-state index < -0.39 is 0 Å². The van der Waals surface area contributed by atoms with Crippen molar-refractivity contribution < 1.29 is 0 Å². The number of aryl methyl sites for hydroxylation is 3. The summed E-state index contributed by atoms with van der Waals surface area (Å²) in [7, 11) is 0. The van der Waals surface area contributed by atoms with E-state index >= 15 is 0 Å². The molecule has 0 unspecified atom stereocenters. The van der Waals surface area contributed by atoms with Gasteiger partial charge in [-0.15, -0.1) is 5.10 Å². The number of nitrogens with zero attached hydrogens (tertiary/aromatic N) is 3. The second-order valence-corrected chi connectivity index (χ2v) is 3.44. The Morgan fingerprint density at radius 3 is 2.64 bits per heavy atom. The minimum absolute atomic E-state index is 0.126. The summed E-state index contributed by atoms with van der Waals surface area (Å²) in [6.07, 6.45) is 1.23. The first-order valence-corrected chi connectivity index (χ1v) is 4.42. The van der Waals surface area contributed by atoms with E-state index in [0.29, 0.717) is 5.65 Å². The van der Waals surface area contributed by atoms with Gasteiger partial charge in [0.25, 0.3) is 5.56 Å². The van der Waals surface area contributed by atoms with E-state index in [-0.39, 0.29) is 5.56 Å². The number of hydrogen-bond donors (Lipinski definition) is 0. The summed E-state index contributed by atoms with van der Waals surface area (Å²) in [6, 6.07) is 2.01. The molecule has 2 rings (SSSR count). The highest BCUT2D eigenvalue weighted by Crippen LogP contribution is 2.11. The standard InChI is InChI=1S/C10H11N3O/c1-6-4-7(2)10-12-11-5-9(14)13(10)8(6)3/h4-5H,1-3H3. The van der Waals surface area contributed by atoms with Crippen LogP contribution < -0.4 is 5.56 Å². The molecule has 0 aliphatic rings. The molecule has 0 aliphatic heterocycles. The Morgan fingerprint density at radius 1 is 1.21 bits per heavy atom. The van der Waals surface area contributed by atoms with E-state index in [0.717, 1.165) is 16.8 Å². The van der Waals surface area contributed by atoms with Crippen LogP contribution in [0.3, 0.4) is 0 Å². The zero-order chi connectivity index (χ0) is 10.3. The molecule has 0 spiro atoms. The van der Waals surface area contributed by atoms with Gasteiger partial charge in [0.1, 0.15) is 6.20 Å². The summed E-state index contributed by atoms with van der Waals surface area (Å²) >= 11 is 0. The molecule has 2 aromatic heterocycles. The van der Waals surface area contributed by atoms with Crippen LogP contribution in [0, 0.1) is 20.8 Å². The van der Waals surface area contributed by atoms with Crippen LogP contribution in [-0.2, 0) is 0 Å². The van der Waals surface area contributed by atoms with Crippen LogP contribution in [0.5, 0.6) is 0 Å². The second-order valence-electron chi connectivity index (χ2n) is 3.44. The molecule has 0 atom stereocenters. The van der Waals surface area contributed by atoms with Gasteiger partial charge >= 0.3 is 0 Å². The van der Waals surface area contributed by atoms with Gasteiger partial charge in [-0.3, -0.25) is 9.20 Å². The van der Waals surface area contributed by atoms with Crippen molar-refractivity contribution in [1.82, 2.24) is 14.6 Å². The zero-order valence-corrected chi connectivity index (χ0v) is 8.40. The van der Waals surface area contributed by atoms with Crippen LogP contribution in [0.15, 0.2) is 17.1 Å². The number of pyridine rings is 1. The van der Waals surface area contributed by atoms with Crippen molar-refractivity contribution in [3.8, 4) is 0 Å². The van der Waals surface area contributed by atoms with Gasteiger partial charge in [0.2, 0.25) is 0 Å². The summed E-state index contributed by atoms with van der Waals surface area (Å²) in [5, 5.41) is 7.62. The van der Waals surface area contributed by atoms with Crippen molar-refractivity contribution >= 4 is 5.65 Å². The van der Waals surface area contributed by atoms with Crippen molar-refractivity contribution in [2.24, 2.45) is 0 Å². The summed E-state index contributed by atoms with van der Waals surface area (Å²) in [4.78, 5) is 11.6. The Labute approximate surface area is 81.2 Å². The Morgan fingerprint density at radius 2 is 1.93 bits per heavy atom. The molecule has 72 valence electrons. The molecule has 0 saturated carbocycles. The van der Waals surface area contributed by atoms with Gasteiger partial charge < -0.3 is 0 Å². The normalized spacial score (nSPS) is 10.8. The Balaban J connectivity index is 3.11. The van der Waals surface area contributed by atoms with Gasteiger partial charge in [0, 0.05) is 5.69 Å². The molecule has 0 saturated heterocycles. The molecule has 0 aromatic carbocycles. The average molecular weight is 189 g/mol. The van der Waals surface area contributed by atoms with E-state index in [1.807, 2.05) is 26.8 Å². The van der Waals surface area contributed by atoms with E-state index in [9.17, 15) is 4.79 Å². The van der Waals surface area contributed by atoms with Crippen LogP contribution in [0.1, 0.15) is 16.8 Å². The first-order chi connectivity index (χ1) is 6.61. The van der Waals surface area contributed by atoms with E-state index in [1.54, 1.807) is 4.40 Å².